The van der Waals surface area contributed by atoms with Crippen LogP contribution < -0.4 is 10.2 Å². The summed E-state index contributed by atoms with van der Waals surface area (Å²) in [5.41, 5.74) is 2.51. The van der Waals surface area contributed by atoms with E-state index in [0.717, 1.165) is 42.9 Å². The van der Waals surface area contributed by atoms with Gasteiger partial charge in [0.05, 0.1) is 10.2 Å². The van der Waals surface area contributed by atoms with E-state index in [1.165, 1.54) is 24.2 Å². The third kappa shape index (κ3) is 3.54. The molecule has 1 unspecified atom stereocenters. The van der Waals surface area contributed by atoms with Gasteiger partial charge >= 0.3 is 4.87 Å². The van der Waals surface area contributed by atoms with E-state index >= 15 is 0 Å². The number of nitrogens with zero attached hydrogens (tertiary/aromatic N) is 3. The smallest absolute Gasteiger partial charge is 0.308 e. The zero-order valence-electron chi connectivity index (χ0n) is 16.3. The number of benzene rings is 1. The van der Waals surface area contributed by atoms with E-state index in [0.29, 0.717) is 23.1 Å². The number of hydrogen-bond donors (Lipinski definition) is 1. The van der Waals surface area contributed by atoms with Crippen LogP contribution in [0.25, 0.3) is 10.2 Å². The molecule has 4 heterocycles. The lowest BCUT2D eigenvalue weighted by Crippen LogP contribution is -2.32. The molecule has 1 atom stereocenters. The van der Waals surface area contributed by atoms with Gasteiger partial charge in [-0.15, -0.1) is 0 Å². The molecule has 2 saturated heterocycles. The van der Waals surface area contributed by atoms with Gasteiger partial charge in [-0.05, 0) is 61.7 Å². The molecule has 2 aromatic heterocycles. The summed E-state index contributed by atoms with van der Waals surface area (Å²) >= 11 is 1.22. The number of rotatable bonds is 5. The van der Waals surface area contributed by atoms with Gasteiger partial charge in [-0.25, -0.2) is 0 Å². The highest BCUT2D eigenvalue weighted by molar-refractivity contribution is 7.16. The molecule has 150 valence electrons. The molecule has 7 heteroatoms. The van der Waals surface area contributed by atoms with Gasteiger partial charge < -0.3 is 10.2 Å². The second-order valence-corrected chi connectivity index (χ2v) is 9.22. The largest absolute Gasteiger partial charge is 0.316 e. The Morgan fingerprint density at radius 1 is 1.21 bits per heavy atom. The highest BCUT2D eigenvalue weighted by atomic mass is 32.1. The third-order valence-corrected chi connectivity index (χ3v) is 7.29. The van der Waals surface area contributed by atoms with Gasteiger partial charge in [0.2, 0.25) is 0 Å². The summed E-state index contributed by atoms with van der Waals surface area (Å²) < 4.78 is 2.72. The van der Waals surface area contributed by atoms with Gasteiger partial charge in [-0.1, -0.05) is 11.3 Å². The van der Waals surface area contributed by atoms with Crippen LogP contribution in [0.3, 0.4) is 0 Å². The normalized spacial score (nSPS) is 22.1. The van der Waals surface area contributed by atoms with E-state index in [1.807, 2.05) is 22.8 Å². The van der Waals surface area contributed by atoms with Crippen LogP contribution in [0, 0.1) is 5.41 Å². The minimum Gasteiger partial charge on any atom is -0.316 e. The fraction of sp³-hybridized carbons (Fsp3) is 0.409. The number of carbonyl (C=O) groups excluding carboxylic acids is 1. The van der Waals surface area contributed by atoms with Crippen LogP contribution in [0.15, 0.2) is 47.5 Å². The molecular weight excluding hydrogens is 384 g/mol. The number of carbonyl (C=O) groups is 1. The summed E-state index contributed by atoms with van der Waals surface area (Å²) in [5, 5.41) is 3.49. The lowest BCUT2D eigenvalue weighted by atomic mass is 9.87. The molecule has 0 aliphatic carbocycles. The van der Waals surface area contributed by atoms with Crippen molar-refractivity contribution < 1.29 is 4.79 Å². The van der Waals surface area contributed by atoms with Gasteiger partial charge in [0, 0.05) is 49.7 Å². The summed E-state index contributed by atoms with van der Waals surface area (Å²) in [6.45, 7) is 6.08. The number of nitrogens with one attached hydrogen (secondary N) is 1. The van der Waals surface area contributed by atoms with Crippen molar-refractivity contribution in [1.82, 2.24) is 19.8 Å². The summed E-state index contributed by atoms with van der Waals surface area (Å²) in [7, 11) is 0. The van der Waals surface area contributed by atoms with Crippen molar-refractivity contribution >= 4 is 27.3 Å². The number of pyridine rings is 1. The second-order valence-electron chi connectivity index (χ2n) is 8.23. The van der Waals surface area contributed by atoms with Gasteiger partial charge in [-0.2, -0.15) is 0 Å². The van der Waals surface area contributed by atoms with Crippen LogP contribution >= 0.6 is 11.3 Å². The van der Waals surface area contributed by atoms with Gasteiger partial charge in [0.1, 0.15) is 0 Å². The minimum atomic E-state index is -0.0695. The Hall–Kier alpha value is -2.35. The zero-order valence-corrected chi connectivity index (χ0v) is 17.1. The molecule has 0 radical (unpaired) electrons. The highest BCUT2D eigenvalue weighted by Gasteiger charge is 2.39. The zero-order chi connectivity index (χ0) is 19.8. The Kier molecular flexibility index (Phi) is 4.81. The van der Waals surface area contributed by atoms with Crippen LogP contribution in [0.1, 0.15) is 28.8 Å². The molecule has 2 aliphatic heterocycles. The Bertz CT molecular complexity index is 1100. The average molecular weight is 409 g/mol. The maximum absolute atomic E-state index is 12.7. The minimum absolute atomic E-state index is 0.0439. The first-order valence-corrected chi connectivity index (χ1v) is 11.0. The monoisotopic (exact) mass is 408 g/mol. The SMILES string of the molecule is O=C(c1cccnc1)c1ccc2c(c1)sc(=O)n2CCN1CCC2(CCNC2)C1. The van der Waals surface area contributed by atoms with Crippen molar-refractivity contribution in [1.29, 1.82) is 0 Å². The fourth-order valence-electron chi connectivity index (χ4n) is 4.69. The Morgan fingerprint density at radius 2 is 2.14 bits per heavy atom. The summed E-state index contributed by atoms with van der Waals surface area (Å²) in [6.07, 6.45) is 5.73. The van der Waals surface area contributed by atoms with Gasteiger partial charge in [0.15, 0.2) is 5.78 Å². The molecule has 1 aromatic carbocycles. The van der Waals surface area contributed by atoms with Crippen LogP contribution in [-0.4, -0.2) is 53.0 Å². The quantitative estimate of drug-likeness (QED) is 0.657. The molecular formula is C22H24N4O2S. The molecule has 0 amide bonds. The summed E-state index contributed by atoms with van der Waals surface area (Å²) in [5.74, 6) is -0.0695. The number of fused-ring (bicyclic) bond motifs is 1. The van der Waals surface area contributed by atoms with Crippen molar-refractivity contribution in [3.05, 3.63) is 63.5 Å². The van der Waals surface area contributed by atoms with Crippen molar-refractivity contribution in [2.75, 3.05) is 32.7 Å². The molecule has 2 fully saturated rings. The summed E-state index contributed by atoms with van der Waals surface area (Å²) in [4.78, 5) is 31.8. The van der Waals surface area contributed by atoms with E-state index in [-0.39, 0.29) is 10.7 Å². The van der Waals surface area contributed by atoms with Crippen LogP contribution in [0.2, 0.25) is 0 Å². The van der Waals surface area contributed by atoms with Crippen molar-refractivity contribution in [3.8, 4) is 0 Å². The lowest BCUT2D eigenvalue weighted by molar-refractivity contribution is 0.103. The van der Waals surface area contributed by atoms with E-state index in [4.69, 9.17) is 0 Å². The number of hydrogen-bond acceptors (Lipinski definition) is 6. The summed E-state index contributed by atoms with van der Waals surface area (Å²) in [6, 6.07) is 9.07. The Balaban J connectivity index is 1.33. The van der Waals surface area contributed by atoms with Crippen molar-refractivity contribution in [2.24, 2.45) is 5.41 Å². The lowest BCUT2D eigenvalue weighted by Gasteiger charge is -2.22. The Labute approximate surface area is 173 Å². The van der Waals surface area contributed by atoms with Gasteiger partial charge in [0.25, 0.3) is 0 Å². The molecule has 0 saturated carbocycles. The molecule has 1 spiro atoms. The predicted molar refractivity (Wildman–Crippen MR) is 115 cm³/mol. The van der Waals surface area contributed by atoms with E-state index in [9.17, 15) is 9.59 Å². The van der Waals surface area contributed by atoms with E-state index < -0.39 is 0 Å². The van der Waals surface area contributed by atoms with Gasteiger partial charge in [-0.3, -0.25) is 19.1 Å². The Morgan fingerprint density at radius 3 is 2.93 bits per heavy atom. The molecule has 0 bridgehead atoms. The maximum atomic E-state index is 12.7. The standard InChI is InChI=1S/C22H24N4O2S/c27-20(17-2-1-7-23-13-17)16-3-4-18-19(12-16)29-21(28)26(18)11-10-25-9-6-22(15-25)5-8-24-14-22/h1-4,7,12-13,24H,5-6,8-11,14-15H2. The number of ketones is 1. The van der Waals surface area contributed by atoms with Crippen molar-refractivity contribution in [3.63, 3.8) is 0 Å². The first-order chi connectivity index (χ1) is 14.1. The van der Waals surface area contributed by atoms with Crippen molar-refractivity contribution in [2.45, 2.75) is 19.4 Å². The van der Waals surface area contributed by atoms with Crippen LogP contribution in [0.4, 0.5) is 0 Å². The second kappa shape index (κ2) is 7.48. The number of thiazole rings is 1. The highest BCUT2D eigenvalue weighted by Crippen LogP contribution is 2.35. The molecule has 29 heavy (non-hydrogen) atoms. The molecule has 6 nitrogen and oxygen atoms in total. The predicted octanol–water partition coefficient (Wildman–Crippen LogP) is 2.37. The first-order valence-electron chi connectivity index (χ1n) is 10.1. The average Bonchev–Trinajstić information content (AvgIpc) is 3.45. The number of aromatic nitrogens is 2. The molecule has 1 N–H and O–H groups in total. The van der Waals surface area contributed by atoms with E-state index in [1.54, 1.807) is 24.5 Å². The molecule has 2 aliphatic rings. The third-order valence-electron chi connectivity index (χ3n) is 6.34. The topological polar surface area (TPSA) is 67.2 Å². The first kappa shape index (κ1) is 18.7. The maximum Gasteiger partial charge on any atom is 0.308 e. The molecule has 5 rings (SSSR count). The number of likely N-dealkylation sites (tertiary alicyclic amines) is 1. The van der Waals surface area contributed by atoms with Crippen LogP contribution in [0.5, 0.6) is 0 Å². The van der Waals surface area contributed by atoms with Crippen LogP contribution in [-0.2, 0) is 6.54 Å². The molecule has 3 aromatic rings. The van der Waals surface area contributed by atoms with E-state index in [2.05, 4.69) is 15.2 Å². The fourth-order valence-corrected chi connectivity index (χ4v) is 5.64.